The molecule has 0 radical (unpaired) electrons. The smallest absolute Gasteiger partial charge is 0.320 e. The van der Waals surface area contributed by atoms with Crippen LogP contribution in [0.2, 0.25) is 0 Å². The Morgan fingerprint density at radius 1 is 0.810 bits per heavy atom. The molecule has 6 heteroatoms. The Labute approximate surface area is 126 Å². The third-order valence-corrected chi connectivity index (χ3v) is 2.83. The van der Waals surface area contributed by atoms with Gasteiger partial charge in [0.25, 0.3) is 0 Å². The molecule has 0 aromatic carbocycles. The van der Waals surface area contributed by atoms with Crippen LogP contribution in [0.3, 0.4) is 0 Å². The molecule has 0 aliphatic rings. The van der Waals surface area contributed by atoms with E-state index in [1.54, 1.807) is 13.8 Å². The highest BCUT2D eigenvalue weighted by Gasteiger charge is 2.28. The van der Waals surface area contributed by atoms with Crippen molar-refractivity contribution in [3.8, 4) is 0 Å². The number of rotatable bonds is 11. The van der Waals surface area contributed by atoms with Gasteiger partial charge in [-0.1, -0.05) is 19.3 Å². The molecular weight excluding hydrogens is 276 g/mol. The SMILES string of the molecule is CCOC(=O)C(CCCCCCOC(C)=O)C(=O)OCC. The molecule has 0 atom stereocenters. The van der Waals surface area contributed by atoms with E-state index in [0.717, 1.165) is 25.7 Å². The van der Waals surface area contributed by atoms with Crippen molar-refractivity contribution in [2.75, 3.05) is 19.8 Å². The van der Waals surface area contributed by atoms with E-state index >= 15 is 0 Å². The number of hydrogen-bond donors (Lipinski definition) is 0. The molecule has 0 aromatic heterocycles. The number of esters is 3. The van der Waals surface area contributed by atoms with Crippen LogP contribution in [-0.4, -0.2) is 37.7 Å². The topological polar surface area (TPSA) is 78.9 Å². The van der Waals surface area contributed by atoms with E-state index in [-0.39, 0.29) is 19.2 Å². The van der Waals surface area contributed by atoms with Crippen LogP contribution < -0.4 is 0 Å². The summed E-state index contributed by atoms with van der Waals surface area (Å²) >= 11 is 0. The highest BCUT2D eigenvalue weighted by atomic mass is 16.6. The molecule has 0 unspecified atom stereocenters. The summed E-state index contributed by atoms with van der Waals surface area (Å²) < 4.78 is 14.6. The quantitative estimate of drug-likeness (QED) is 0.252. The molecule has 0 heterocycles. The van der Waals surface area contributed by atoms with Crippen LogP contribution in [0.25, 0.3) is 0 Å². The molecule has 0 aliphatic carbocycles. The van der Waals surface area contributed by atoms with Gasteiger partial charge < -0.3 is 14.2 Å². The van der Waals surface area contributed by atoms with Crippen molar-refractivity contribution in [3.63, 3.8) is 0 Å². The molecule has 0 aromatic rings. The van der Waals surface area contributed by atoms with E-state index < -0.39 is 17.9 Å². The molecule has 122 valence electrons. The predicted octanol–water partition coefficient (Wildman–Crippen LogP) is 2.24. The minimum Gasteiger partial charge on any atom is -0.466 e. The second-order valence-electron chi connectivity index (χ2n) is 4.60. The van der Waals surface area contributed by atoms with E-state index in [4.69, 9.17) is 14.2 Å². The monoisotopic (exact) mass is 302 g/mol. The van der Waals surface area contributed by atoms with Crippen LogP contribution in [0.4, 0.5) is 0 Å². The number of ether oxygens (including phenoxy) is 3. The second kappa shape index (κ2) is 12.2. The molecular formula is C15H26O6. The number of carbonyl (C=O) groups excluding carboxylic acids is 3. The average molecular weight is 302 g/mol. The zero-order chi connectivity index (χ0) is 16.1. The van der Waals surface area contributed by atoms with Crippen molar-refractivity contribution in [3.05, 3.63) is 0 Å². The molecule has 6 nitrogen and oxygen atoms in total. The minimum absolute atomic E-state index is 0.247. The van der Waals surface area contributed by atoms with Gasteiger partial charge in [-0.2, -0.15) is 0 Å². The first-order valence-corrected chi connectivity index (χ1v) is 7.49. The summed E-state index contributed by atoms with van der Waals surface area (Å²) in [5.74, 6) is -2.15. The third kappa shape index (κ3) is 9.87. The zero-order valence-electron chi connectivity index (χ0n) is 13.2. The van der Waals surface area contributed by atoms with Gasteiger partial charge in [-0.25, -0.2) is 0 Å². The Kier molecular flexibility index (Phi) is 11.3. The predicted molar refractivity (Wildman–Crippen MR) is 76.5 cm³/mol. The summed E-state index contributed by atoms with van der Waals surface area (Å²) in [5.41, 5.74) is 0. The van der Waals surface area contributed by atoms with Gasteiger partial charge in [-0.05, 0) is 26.7 Å². The molecule has 0 spiro atoms. The van der Waals surface area contributed by atoms with Crippen molar-refractivity contribution in [1.82, 2.24) is 0 Å². The normalized spacial score (nSPS) is 10.3. The standard InChI is InChI=1S/C15H26O6/c1-4-19-14(17)13(15(18)20-5-2)10-8-6-7-9-11-21-12(3)16/h13H,4-11H2,1-3H3. The zero-order valence-corrected chi connectivity index (χ0v) is 13.2. The van der Waals surface area contributed by atoms with Crippen LogP contribution in [0.5, 0.6) is 0 Å². The van der Waals surface area contributed by atoms with E-state index in [0.29, 0.717) is 13.0 Å². The number of carbonyl (C=O) groups is 3. The lowest BCUT2D eigenvalue weighted by molar-refractivity contribution is -0.162. The Balaban J connectivity index is 3.98. The lowest BCUT2D eigenvalue weighted by Gasteiger charge is -2.14. The van der Waals surface area contributed by atoms with E-state index in [2.05, 4.69) is 0 Å². The summed E-state index contributed by atoms with van der Waals surface area (Å²) in [5, 5.41) is 0. The van der Waals surface area contributed by atoms with Gasteiger partial charge in [0.05, 0.1) is 19.8 Å². The van der Waals surface area contributed by atoms with Gasteiger partial charge in [0.15, 0.2) is 5.92 Å². The molecule has 0 saturated heterocycles. The van der Waals surface area contributed by atoms with Gasteiger partial charge in [0, 0.05) is 6.92 Å². The fraction of sp³-hybridized carbons (Fsp3) is 0.800. The van der Waals surface area contributed by atoms with Crippen molar-refractivity contribution >= 4 is 17.9 Å². The van der Waals surface area contributed by atoms with Crippen molar-refractivity contribution in [2.45, 2.75) is 52.9 Å². The van der Waals surface area contributed by atoms with Crippen molar-refractivity contribution in [2.24, 2.45) is 5.92 Å². The average Bonchev–Trinajstić information content (AvgIpc) is 2.41. The molecule has 0 amide bonds. The van der Waals surface area contributed by atoms with Gasteiger partial charge in [0.1, 0.15) is 0 Å². The van der Waals surface area contributed by atoms with E-state index in [9.17, 15) is 14.4 Å². The van der Waals surface area contributed by atoms with Gasteiger partial charge in [-0.3, -0.25) is 14.4 Å². The van der Waals surface area contributed by atoms with Crippen LogP contribution in [0.15, 0.2) is 0 Å². The maximum Gasteiger partial charge on any atom is 0.320 e. The summed E-state index contributed by atoms with van der Waals surface area (Å²) in [4.78, 5) is 34.0. The maximum atomic E-state index is 11.7. The van der Waals surface area contributed by atoms with Crippen LogP contribution in [-0.2, 0) is 28.6 Å². The Bertz CT molecular complexity index is 308. The molecule has 0 fully saturated rings. The van der Waals surface area contributed by atoms with Gasteiger partial charge >= 0.3 is 17.9 Å². The Hall–Kier alpha value is -1.59. The molecule has 0 saturated carbocycles. The fourth-order valence-electron chi connectivity index (χ4n) is 1.84. The van der Waals surface area contributed by atoms with Crippen LogP contribution >= 0.6 is 0 Å². The van der Waals surface area contributed by atoms with E-state index in [1.807, 2.05) is 0 Å². The number of hydrogen-bond acceptors (Lipinski definition) is 6. The fourth-order valence-corrected chi connectivity index (χ4v) is 1.84. The van der Waals surface area contributed by atoms with Crippen LogP contribution in [0, 0.1) is 5.92 Å². The molecule has 0 bridgehead atoms. The van der Waals surface area contributed by atoms with Gasteiger partial charge in [-0.15, -0.1) is 0 Å². The molecule has 0 rings (SSSR count). The summed E-state index contributed by atoms with van der Waals surface area (Å²) in [7, 11) is 0. The first-order valence-electron chi connectivity index (χ1n) is 7.49. The Morgan fingerprint density at radius 2 is 1.33 bits per heavy atom. The van der Waals surface area contributed by atoms with Gasteiger partial charge in [0.2, 0.25) is 0 Å². The maximum absolute atomic E-state index is 11.7. The van der Waals surface area contributed by atoms with Crippen molar-refractivity contribution < 1.29 is 28.6 Å². The van der Waals surface area contributed by atoms with Crippen LogP contribution in [0.1, 0.15) is 52.9 Å². The Morgan fingerprint density at radius 3 is 1.81 bits per heavy atom. The highest BCUT2D eigenvalue weighted by Crippen LogP contribution is 2.15. The van der Waals surface area contributed by atoms with Crippen molar-refractivity contribution in [1.29, 1.82) is 0 Å². The summed E-state index contributed by atoms with van der Waals surface area (Å²) in [6.45, 7) is 5.69. The minimum atomic E-state index is -0.835. The first kappa shape index (κ1) is 19.4. The third-order valence-electron chi connectivity index (χ3n) is 2.83. The molecule has 0 N–H and O–H groups in total. The lowest BCUT2D eigenvalue weighted by Crippen LogP contribution is -2.28. The second-order valence-corrected chi connectivity index (χ2v) is 4.60. The van der Waals surface area contributed by atoms with E-state index in [1.165, 1.54) is 6.92 Å². The first-order chi connectivity index (χ1) is 10.0. The summed E-state index contributed by atoms with van der Waals surface area (Å²) in [6, 6.07) is 0. The highest BCUT2D eigenvalue weighted by molar-refractivity contribution is 5.94. The largest absolute Gasteiger partial charge is 0.466 e. The summed E-state index contributed by atoms with van der Waals surface area (Å²) in [6.07, 6.45) is 3.67. The molecule has 21 heavy (non-hydrogen) atoms. The lowest BCUT2D eigenvalue weighted by atomic mass is 10.0. The number of unbranched alkanes of at least 4 members (excludes halogenated alkanes) is 3. The molecule has 0 aliphatic heterocycles.